The molecule has 1 aromatic carbocycles. The standard InChI is InChI=1S/C10H12FN3O/c1-12-5-6-14-8-4-2-3-7(11)9(8)13-10(14)15/h2-4,12H,5-6H2,1H3,(H,13,15). The van der Waals surface area contributed by atoms with Crippen LogP contribution < -0.4 is 11.0 Å². The summed E-state index contributed by atoms with van der Waals surface area (Å²) in [6, 6.07) is 4.66. The van der Waals surface area contributed by atoms with Crippen molar-refractivity contribution in [1.29, 1.82) is 0 Å². The van der Waals surface area contributed by atoms with E-state index < -0.39 is 5.82 Å². The first-order valence-corrected chi connectivity index (χ1v) is 4.75. The number of benzene rings is 1. The Balaban J connectivity index is 2.58. The van der Waals surface area contributed by atoms with E-state index in [1.807, 2.05) is 0 Å². The lowest BCUT2D eigenvalue weighted by molar-refractivity contribution is 0.636. The maximum absolute atomic E-state index is 13.3. The predicted molar refractivity (Wildman–Crippen MR) is 56.4 cm³/mol. The number of likely N-dealkylation sites (N-methyl/N-ethyl adjacent to an activating group) is 1. The van der Waals surface area contributed by atoms with Gasteiger partial charge in [0.05, 0.1) is 5.52 Å². The first-order valence-electron chi connectivity index (χ1n) is 4.75. The van der Waals surface area contributed by atoms with Crippen molar-refractivity contribution in [2.45, 2.75) is 6.54 Å². The summed E-state index contributed by atoms with van der Waals surface area (Å²) in [6.07, 6.45) is 0. The Hall–Kier alpha value is -1.62. The van der Waals surface area contributed by atoms with E-state index in [2.05, 4.69) is 10.3 Å². The second-order valence-corrected chi connectivity index (χ2v) is 3.32. The first-order chi connectivity index (χ1) is 7.24. The van der Waals surface area contributed by atoms with Crippen LogP contribution in [0.15, 0.2) is 23.0 Å². The summed E-state index contributed by atoms with van der Waals surface area (Å²) in [5.74, 6) is -0.396. The number of aromatic nitrogens is 2. The van der Waals surface area contributed by atoms with Crippen molar-refractivity contribution in [3.8, 4) is 0 Å². The van der Waals surface area contributed by atoms with Gasteiger partial charge in [0.1, 0.15) is 11.3 Å². The first kappa shape index (κ1) is 9.92. The van der Waals surface area contributed by atoms with E-state index in [0.717, 1.165) is 0 Å². The SMILES string of the molecule is CNCCn1c(=O)[nH]c2c(F)cccc21. The molecular weight excluding hydrogens is 197 g/mol. The van der Waals surface area contributed by atoms with Gasteiger partial charge in [0, 0.05) is 13.1 Å². The Morgan fingerprint density at radius 3 is 3.07 bits per heavy atom. The Morgan fingerprint density at radius 1 is 1.53 bits per heavy atom. The molecule has 0 radical (unpaired) electrons. The molecule has 0 fully saturated rings. The maximum Gasteiger partial charge on any atom is 0.326 e. The third-order valence-electron chi connectivity index (χ3n) is 2.34. The van der Waals surface area contributed by atoms with E-state index in [4.69, 9.17) is 0 Å². The second kappa shape index (κ2) is 3.86. The minimum atomic E-state index is -0.396. The molecule has 0 aliphatic carbocycles. The van der Waals surface area contributed by atoms with Gasteiger partial charge in [-0.3, -0.25) is 4.57 Å². The lowest BCUT2D eigenvalue weighted by Gasteiger charge is -2.01. The fraction of sp³-hybridized carbons (Fsp3) is 0.300. The van der Waals surface area contributed by atoms with Crippen LogP contribution >= 0.6 is 0 Å². The number of aromatic amines is 1. The van der Waals surface area contributed by atoms with Gasteiger partial charge in [0.2, 0.25) is 0 Å². The zero-order valence-electron chi connectivity index (χ0n) is 8.38. The van der Waals surface area contributed by atoms with Crippen molar-refractivity contribution in [3.63, 3.8) is 0 Å². The number of nitrogens with one attached hydrogen (secondary N) is 2. The monoisotopic (exact) mass is 209 g/mol. The molecule has 1 heterocycles. The fourth-order valence-corrected chi connectivity index (χ4v) is 1.59. The summed E-state index contributed by atoms with van der Waals surface area (Å²) in [5.41, 5.74) is 0.610. The molecule has 0 spiro atoms. The Morgan fingerprint density at radius 2 is 2.33 bits per heavy atom. The van der Waals surface area contributed by atoms with Crippen LogP contribution in [0.5, 0.6) is 0 Å². The molecule has 2 aromatic rings. The van der Waals surface area contributed by atoms with Crippen LogP contribution in [0.4, 0.5) is 4.39 Å². The zero-order chi connectivity index (χ0) is 10.8. The van der Waals surface area contributed by atoms with Crippen LogP contribution in [0.2, 0.25) is 0 Å². The van der Waals surface area contributed by atoms with Gasteiger partial charge in [-0.2, -0.15) is 0 Å². The van der Waals surface area contributed by atoms with Crippen molar-refractivity contribution < 1.29 is 4.39 Å². The van der Waals surface area contributed by atoms with Crippen LogP contribution in [0.1, 0.15) is 0 Å². The van der Waals surface area contributed by atoms with E-state index >= 15 is 0 Å². The van der Waals surface area contributed by atoms with E-state index in [1.54, 1.807) is 19.2 Å². The van der Waals surface area contributed by atoms with E-state index in [9.17, 15) is 9.18 Å². The molecule has 0 atom stereocenters. The predicted octanol–water partition coefficient (Wildman–Crippen LogP) is 0.688. The average Bonchev–Trinajstić information content (AvgIpc) is 2.54. The normalized spacial score (nSPS) is 11.1. The van der Waals surface area contributed by atoms with Gasteiger partial charge < -0.3 is 10.3 Å². The Bertz CT molecular complexity index is 529. The number of H-pyrrole nitrogens is 1. The quantitative estimate of drug-likeness (QED) is 0.781. The molecule has 4 nitrogen and oxygen atoms in total. The topological polar surface area (TPSA) is 49.8 Å². The summed E-state index contributed by atoms with van der Waals surface area (Å²) in [4.78, 5) is 14.0. The minimum Gasteiger partial charge on any atom is -0.318 e. The zero-order valence-corrected chi connectivity index (χ0v) is 8.38. The largest absolute Gasteiger partial charge is 0.326 e. The van der Waals surface area contributed by atoms with Crippen LogP contribution in [0.25, 0.3) is 11.0 Å². The molecule has 0 saturated heterocycles. The number of nitrogens with zero attached hydrogens (tertiary/aromatic N) is 1. The van der Waals surface area contributed by atoms with Crippen molar-refractivity contribution >= 4 is 11.0 Å². The van der Waals surface area contributed by atoms with Gasteiger partial charge in [0.25, 0.3) is 0 Å². The van der Waals surface area contributed by atoms with Crippen molar-refractivity contribution in [2.75, 3.05) is 13.6 Å². The van der Waals surface area contributed by atoms with Gasteiger partial charge in [-0.05, 0) is 19.2 Å². The number of imidazole rings is 1. The van der Waals surface area contributed by atoms with Crippen molar-refractivity contribution in [3.05, 3.63) is 34.5 Å². The molecule has 80 valence electrons. The number of hydrogen-bond donors (Lipinski definition) is 2. The van der Waals surface area contributed by atoms with Gasteiger partial charge in [-0.25, -0.2) is 9.18 Å². The van der Waals surface area contributed by atoms with Crippen LogP contribution in [0, 0.1) is 5.82 Å². The lowest BCUT2D eigenvalue weighted by Crippen LogP contribution is -2.23. The molecule has 2 rings (SSSR count). The van der Waals surface area contributed by atoms with Crippen molar-refractivity contribution in [2.24, 2.45) is 0 Å². The third kappa shape index (κ3) is 1.66. The Labute approximate surface area is 85.7 Å². The highest BCUT2D eigenvalue weighted by molar-refractivity contribution is 5.75. The number of fused-ring (bicyclic) bond motifs is 1. The molecule has 5 heteroatoms. The molecule has 0 bridgehead atoms. The van der Waals surface area contributed by atoms with Gasteiger partial charge in [0.15, 0.2) is 0 Å². The van der Waals surface area contributed by atoms with Gasteiger partial charge in [-0.1, -0.05) is 6.07 Å². The van der Waals surface area contributed by atoms with Gasteiger partial charge >= 0.3 is 5.69 Å². The molecule has 0 saturated carbocycles. The number of rotatable bonds is 3. The second-order valence-electron chi connectivity index (χ2n) is 3.32. The summed E-state index contributed by atoms with van der Waals surface area (Å²) in [6.45, 7) is 1.20. The minimum absolute atomic E-state index is 0.273. The number of hydrogen-bond acceptors (Lipinski definition) is 2. The summed E-state index contributed by atoms with van der Waals surface area (Å²) >= 11 is 0. The Kier molecular flexibility index (Phi) is 2.55. The highest BCUT2D eigenvalue weighted by atomic mass is 19.1. The average molecular weight is 209 g/mol. The summed E-state index contributed by atoms with van der Waals surface area (Å²) < 4.78 is 14.8. The van der Waals surface area contributed by atoms with Gasteiger partial charge in [-0.15, -0.1) is 0 Å². The number of halogens is 1. The smallest absolute Gasteiger partial charge is 0.318 e. The molecule has 2 N–H and O–H groups in total. The lowest BCUT2D eigenvalue weighted by atomic mass is 10.3. The highest BCUT2D eigenvalue weighted by Gasteiger charge is 2.08. The van der Waals surface area contributed by atoms with E-state index in [-0.39, 0.29) is 11.2 Å². The summed E-state index contributed by atoms with van der Waals surface area (Å²) in [5, 5.41) is 2.95. The van der Waals surface area contributed by atoms with E-state index in [0.29, 0.717) is 18.6 Å². The molecule has 1 aromatic heterocycles. The van der Waals surface area contributed by atoms with Crippen LogP contribution in [-0.4, -0.2) is 23.1 Å². The van der Waals surface area contributed by atoms with Crippen molar-refractivity contribution in [1.82, 2.24) is 14.9 Å². The molecule has 15 heavy (non-hydrogen) atoms. The highest BCUT2D eigenvalue weighted by Crippen LogP contribution is 2.13. The molecule has 0 unspecified atom stereocenters. The fourth-order valence-electron chi connectivity index (χ4n) is 1.59. The van der Waals surface area contributed by atoms with Crippen LogP contribution in [-0.2, 0) is 6.54 Å². The summed E-state index contributed by atoms with van der Waals surface area (Å²) in [7, 11) is 1.81. The number of para-hydroxylation sites is 1. The third-order valence-corrected chi connectivity index (χ3v) is 2.34. The molecular formula is C10H12FN3O. The maximum atomic E-state index is 13.3. The van der Waals surface area contributed by atoms with E-state index in [1.165, 1.54) is 10.6 Å². The molecule has 0 aliphatic heterocycles. The van der Waals surface area contributed by atoms with Crippen LogP contribution in [0.3, 0.4) is 0 Å². The molecule has 0 amide bonds. The molecule has 0 aliphatic rings.